The monoisotopic (exact) mass is 1460 g/mol. The molecule has 3 unspecified atom stereocenters. The zero-order valence-electron chi connectivity index (χ0n) is 60.9. The van der Waals surface area contributed by atoms with E-state index < -0.39 is 202 Å². The second-order valence-electron chi connectivity index (χ2n) is 29.9. The first-order valence-electron chi connectivity index (χ1n) is 36.0. The smallest absolute Gasteiger partial charge is 0.343 e. The van der Waals surface area contributed by atoms with Crippen molar-refractivity contribution in [2.24, 2.45) is 29.6 Å². The zero-order chi connectivity index (χ0) is 74.5. The van der Waals surface area contributed by atoms with Gasteiger partial charge in [0.05, 0.1) is 37.7 Å². The molecule has 0 aromatic heterocycles. The van der Waals surface area contributed by atoms with Gasteiger partial charge in [-0.2, -0.15) is 13.2 Å². The Morgan fingerprint density at radius 2 is 1.22 bits per heavy atom. The number of hydrogen-bond donors (Lipinski definition) is 3. The highest BCUT2D eigenvalue weighted by Gasteiger charge is 2.52. The molecular weight excluding hydrogens is 1350 g/mol. The van der Waals surface area contributed by atoms with Crippen LogP contribution in [-0.2, 0) is 67.4 Å². The van der Waals surface area contributed by atoms with Crippen molar-refractivity contribution in [1.82, 2.24) is 60.0 Å². The minimum Gasteiger partial charge on any atom is -0.343 e. The van der Waals surface area contributed by atoms with E-state index in [1.807, 2.05) is 13.8 Å². The van der Waals surface area contributed by atoms with Crippen molar-refractivity contribution in [3.63, 3.8) is 0 Å². The number of likely N-dealkylation sites (N-methyl/N-ethyl adjacent to an activating group) is 7. The van der Waals surface area contributed by atoms with Gasteiger partial charge in [0, 0.05) is 80.6 Å². The van der Waals surface area contributed by atoms with E-state index in [1.165, 1.54) is 68.9 Å². The molecule has 0 aromatic rings. The van der Waals surface area contributed by atoms with Crippen LogP contribution in [-0.4, -0.2) is 283 Å². The normalized spacial score (nSPS) is 29.2. The molecule has 3 saturated carbocycles. The number of rotatable bonds is 12. The lowest BCUT2D eigenvalue weighted by molar-refractivity contribution is -0.182. The fourth-order valence-corrected chi connectivity index (χ4v) is 16.6. The predicted octanol–water partition coefficient (Wildman–Crippen LogP) is 3.95. The molecule has 6 rings (SSSR count). The van der Waals surface area contributed by atoms with Crippen molar-refractivity contribution in [2.75, 3.05) is 101 Å². The summed E-state index contributed by atoms with van der Waals surface area (Å²) < 4.78 is 67.2. The van der Waals surface area contributed by atoms with Crippen LogP contribution in [0.1, 0.15) is 175 Å². The largest absolute Gasteiger partial charge is 0.393 e. The van der Waals surface area contributed by atoms with Crippen LogP contribution >= 0.6 is 11.6 Å². The Hall–Kier alpha value is -6.33. The molecule has 100 heavy (non-hydrogen) atoms. The topological polar surface area (TPSA) is 304 Å². The number of carbonyl (C=O) groups excluding carboxylic acids is 12. The van der Waals surface area contributed by atoms with Gasteiger partial charge in [-0.15, -0.1) is 11.6 Å². The summed E-state index contributed by atoms with van der Waals surface area (Å²) in [6.07, 6.45) is 3.01. The summed E-state index contributed by atoms with van der Waals surface area (Å²) in [5.41, 5.74) is -1.59. The molecule has 3 heterocycles. The lowest BCUT2D eigenvalue weighted by atomic mass is 9.78. The Kier molecular flexibility index (Phi) is 29.9. The molecule has 26 nitrogen and oxygen atoms in total. The van der Waals surface area contributed by atoms with Gasteiger partial charge >= 0.3 is 6.18 Å². The van der Waals surface area contributed by atoms with E-state index >= 15 is 28.8 Å². The molecule has 3 aliphatic carbocycles. The molecule has 12 amide bonds. The van der Waals surface area contributed by atoms with Gasteiger partial charge in [-0.25, -0.2) is 8.42 Å². The summed E-state index contributed by atoms with van der Waals surface area (Å²) in [5, 5.41) is 7.39. The van der Waals surface area contributed by atoms with Crippen molar-refractivity contribution in [3.05, 3.63) is 0 Å². The first-order valence-corrected chi connectivity index (χ1v) is 38.5. The van der Waals surface area contributed by atoms with Crippen molar-refractivity contribution in [2.45, 2.75) is 235 Å². The van der Waals surface area contributed by atoms with Crippen molar-refractivity contribution in [1.29, 1.82) is 0 Å². The second kappa shape index (κ2) is 36.2. The Bertz CT molecular complexity index is 3060. The third-order valence-corrected chi connectivity index (χ3v) is 23.4. The molecule has 0 radical (unpaired) electrons. The fourth-order valence-electron chi connectivity index (χ4n) is 15.5. The summed E-state index contributed by atoms with van der Waals surface area (Å²) in [4.78, 5) is 189. The number of piperidine rings is 1. The molecule has 0 aromatic carbocycles. The van der Waals surface area contributed by atoms with Crippen molar-refractivity contribution < 1.29 is 79.1 Å². The zero-order valence-corrected chi connectivity index (χ0v) is 62.5. The van der Waals surface area contributed by atoms with Gasteiger partial charge in [0.25, 0.3) is 0 Å². The molecule has 3 aliphatic heterocycles. The van der Waals surface area contributed by atoms with Gasteiger partial charge in [-0.3, -0.25) is 57.5 Å². The molecule has 31 heteroatoms. The van der Waals surface area contributed by atoms with E-state index in [4.69, 9.17) is 11.6 Å². The summed E-state index contributed by atoms with van der Waals surface area (Å²) in [7, 11) is 5.64. The van der Waals surface area contributed by atoms with Crippen LogP contribution < -0.4 is 16.0 Å². The highest BCUT2D eigenvalue weighted by molar-refractivity contribution is 7.90. The molecule has 3 saturated heterocycles. The summed E-state index contributed by atoms with van der Waals surface area (Å²) in [6, 6.07) is -9.23. The molecule has 0 bridgehead atoms. The molecule has 11 atom stereocenters. The Labute approximate surface area is 593 Å². The van der Waals surface area contributed by atoms with Gasteiger partial charge in [0.1, 0.15) is 57.7 Å². The minimum atomic E-state index is -4.54. The summed E-state index contributed by atoms with van der Waals surface area (Å²) in [5.74, 6) is -12.4. The van der Waals surface area contributed by atoms with E-state index in [-0.39, 0.29) is 70.3 Å². The Morgan fingerprint density at radius 3 is 1.81 bits per heavy atom. The highest BCUT2D eigenvalue weighted by atomic mass is 35.5. The number of carbonyl (C=O) groups is 12. The van der Waals surface area contributed by atoms with Crippen LogP contribution in [0.4, 0.5) is 13.2 Å². The maximum atomic E-state index is 15.8. The number of nitrogens with zero attached hydrogens (tertiary/aromatic N) is 9. The molecule has 6 fully saturated rings. The second-order valence-corrected chi connectivity index (χ2v) is 32.7. The van der Waals surface area contributed by atoms with Gasteiger partial charge in [-0.05, 0) is 126 Å². The van der Waals surface area contributed by atoms with Crippen molar-refractivity contribution in [3.8, 4) is 0 Å². The van der Waals surface area contributed by atoms with Crippen LogP contribution in [0.5, 0.6) is 0 Å². The average molecular weight is 1460 g/mol. The van der Waals surface area contributed by atoms with Crippen LogP contribution in [0.15, 0.2) is 0 Å². The number of hydrogen-bond acceptors (Lipinski definition) is 14. The standard InChI is InChI=1S/C69H112ClF3N12O14S/c1-13-44(4)58-65(95)79(7)41-56(88)77(5)42-57(89)80(8)51(30-36-100(12,98)99)63(93)78(6)40-54(86)74-49(29-27-45-26-28-47(48(70)38-45)69(71,72)73)62(92)85-35-22-25-50(85)61(91)76-68(31-18-19-32-68)67(97)83(11)59(46-23-16-14-17-24-46)66(96)82(10)53(64(94)84-33-20-15-21-34-84)39-55(87)81(9)52(37-43(2)3)60(90)75-58/h43-53,58-59H,13-42H2,1-12H3,(H,74,86)(H,75,90)(H,76,91)/t44-,45?,47?,48?,49-,50-,51-,52-,53-,58-,59-/m0/s1. The number of sulfone groups is 1. The lowest BCUT2D eigenvalue weighted by Crippen LogP contribution is -2.65. The molecule has 1 spiro atoms. The number of nitrogens with one attached hydrogen (secondary N) is 3. The Morgan fingerprint density at radius 1 is 0.620 bits per heavy atom. The SMILES string of the molecule is CC[C@H](C)[C@@H]1NC(=O)[C@H](CC(C)C)N(C)C(=O)C[C@@H](C(=O)N2CCCCC2)N(C)C(=O)[C@H](C2CCCCC2)N(C)C(=O)C2(CCCC2)NC(=O)[C@@H]2CCCN2C(=O)[C@H](CCC2CCC(C(F)(F)F)C(Cl)C2)NC(=O)CN(C)C(=O)[C@H](CCS(C)(=O)=O)N(C)C(=O)CN(C)C(=O)CN(C)C1=O. The van der Waals surface area contributed by atoms with Crippen molar-refractivity contribution >= 4 is 92.3 Å². The molecule has 6 aliphatic rings. The maximum Gasteiger partial charge on any atom is 0.393 e. The maximum absolute atomic E-state index is 15.8. The number of alkyl halides is 4. The number of fused-ring (bicyclic) bond motifs is 1. The van der Waals surface area contributed by atoms with Crippen LogP contribution in [0, 0.1) is 29.6 Å². The number of likely N-dealkylation sites (tertiary alicyclic amines) is 1. The highest BCUT2D eigenvalue weighted by Crippen LogP contribution is 2.44. The van der Waals surface area contributed by atoms with E-state index in [1.54, 1.807) is 18.7 Å². The quantitative estimate of drug-likeness (QED) is 0.233. The van der Waals surface area contributed by atoms with E-state index in [0.29, 0.717) is 64.5 Å². The van der Waals surface area contributed by atoms with Crippen LogP contribution in [0.2, 0.25) is 0 Å². The average Bonchev–Trinajstić information content (AvgIpc) is 1.25. The van der Waals surface area contributed by atoms with E-state index in [2.05, 4.69) is 16.0 Å². The molecule has 3 N–H and O–H groups in total. The molecular formula is C69H112ClF3N12O14S. The Balaban J connectivity index is 1.43. The van der Waals surface area contributed by atoms with Gasteiger partial charge in [-0.1, -0.05) is 66.2 Å². The third kappa shape index (κ3) is 21.4. The number of amides is 12. The van der Waals surface area contributed by atoms with Crippen LogP contribution in [0.3, 0.4) is 0 Å². The van der Waals surface area contributed by atoms with E-state index in [0.717, 1.165) is 51.5 Å². The van der Waals surface area contributed by atoms with Gasteiger partial charge in [0.2, 0.25) is 70.9 Å². The van der Waals surface area contributed by atoms with Gasteiger partial charge in [0.15, 0.2) is 0 Å². The summed E-state index contributed by atoms with van der Waals surface area (Å²) in [6.45, 7) is 5.92. The van der Waals surface area contributed by atoms with E-state index in [9.17, 15) is 50.4 Å². The third-order valence-electron chi connectivity index (χ3n) is 21.9. The fraction of sp³-hybridized carbons (Fsp3) is 0.826. The van der Waals surface area contributed by atoms with Gasteiger partial charge < -0.3 is 60.0 Å². The molecule has 566 valence electrons. The minimum absolute atomic E-state index is 0.0193. The predicted molar refractivity (Wildman–Crippen MR) is 368 cm³/mol. The van der Waals surface area contributed by atoms with Crippen LogP contribution in [0.25, 0.3) is 0 Å². The lowest BCUT2D eigenvalue weighted by Gasteiger charge is -2.43. The first-order chi connectivity index (χ1) is 46.8. The first kappa shape index (κ1) is 82.6. The number of halogens is 4. The summed E-state index contributed by atoms with van der Waals surface area (Å²) >= 11 is 6.37.